The number of hydrogen-bond acceptors (Lipinski definition) is 3. The second-order valence-electron chi connectivity index (χ2n) is 3.68. The molecule has 0 atom stereocenters. The van der Waals surface area contributed by atoms with Crippen LogP contribution in [0.3, 0.4) is 0 Å². The van der Waals surface area contributed by atoms with Gasteiger partial charge in [-0.15, -0.1) is 0 Å². The third-order valence-corrected chi connectivity index (χ3v) is 2.21. The summed E-state index contributed by atoms with van der Waals surface area (Å²) < 4.78 is 5.53. The van der Waals surface area contributed by atoms with Gasteiger partial charge in [0.05, 0.1) is 0 Å². The number of carbonyl (C=O) groups is 1. The van der Waals surface area contributed by atoms with Gasteiger partial charge >= 0.3 is 0 Å². The van der Waals surface area contributed by atoms with Gasteiger partial charge in [0.2, 0.25) is 0 Å². The topological polar surface area (TPSA) is 38.3 Å². The minimum Gasteiger partial charge on any atom is -0.492 e. The molecule has 0 amide bonds. The van der Waals surface area contributed by atoms with Gasteiger partial charge in [-0.2, -0.15) is 0 Å². The maximum Gasteiger partial charge on any atom is 0.159 e. The van der Waals surface area contributed by atoms with Crippen LogP contribution in [0.15, 0.2) is 24.3 Å². The second kappa shape index (κ2) is 7.01. The first-order valence-electron chi connectivity index (χ1n) is 5.68. The summed E-state index contributed by atoms with van der Waals surface area (Å²) in [7, 11) is 0. The fraction of sp³-hybridized carbons (Fsp3) is 0.462. The van der Waals surface area contributed by atoms with Gasteiger partial charge in [0, 0.05) is 12.1 Å². The van der Waals surface area contributed by atoms with Crippen molar-refractivity contribution < 1.29 is 9.53 Å². The van der Waals surface area contributed by atoms with Gasteiger partial charge < -0.3 is 10.1 Å². The Kier molecular flexibility index (Phi) is 5.57. The van der Waals surface area contributed by atoms with Crippen LogP contribution in [0.2, 0.25) is 0 Å². The standard InChI is InChI=1S/C13H19NO2/c1-3-7-14-8-9-16-13-6-4-5-12(10-13)11(2)15/h4-6,10,14H,3,7-9H2,1-2H3. The first-order valence-corrected chi connectivity index (χ1v) is 5.68. The smallest absolute Gasteiger partial charge is 0.159 e. The Hall–Kier alpha value is -1.35. The molecule has 0 heterocycles. The Morgan fingerprint density at radius 2 is 2.19 bits per heavy atom. The van der Waals surface area contributed by atoms with Gasteiger partial charge in [-0.05, 0) is 32.0 Å². The Labute approximate surface area is 96.8 Å². The number of ether oxygens (including phenoxy) is 1. The summed E-state index contributed by atoms with van der Waals surface area (Å²) in [6.45, 7) is 6.16. The first-order chi connectivity index (χ1) is 7.74. The van der Waals surface area contributed by atoms with Crippen LogP contribution in [-0.2, 0) is 0 Å². The van der Waals surface area contributed by atoms with Crippen molar-refractivity contribution in [3.63, 3.8) is 0 Å². The van der Waals surface area contributed by atoms with Crippen molar-refractivity contribution in [2.75, 3.05) is 19.7 Å². The minimum atomic E-state index is 0.0644. The third-order valence-electron chi connectivity index (χ3n) is 2.21. The number of carbonyl (C=O) groups excluding carboxylic acids is 1. The zero-order chi connectivity index (χ0) is 11.8. The maximum absolute atomic E-state index is 11.1. The first kappa shape index (κ1) is 12.7. The molecular formula is C13H19NO2. The van der Waals surface area contributed by atoms with Crippen LogP contribution in [0.25, 0.3) is 0 Å². The van der Waals surface area contributed by atoms with Gasteiger partial charge in [-0.1, -0.05) is 19.1 Å². The van der Waals surface area contributed by atoms with Gasteiger partial charge in [0.15, 0.2) is 5.78 Å². The van der Waals surface area contributed by atoms with Crippen LogP contribution < -0.4 is 10.1 Å². The third kappa shape index (κ3) is 4.45. The van der Waals surface area contributed by atoms with Gasteiger partial charge in [0.1, 0.15) is 12.4 Å². The van der Waals surface area contributed by atoms with E-state index in [2.05, 4.69) is 12.2 Å². The molecule has 0 radical (unpaired) electrons. The van der Waals surface area contributed by atoms with Crippen molar-refractivity contribution in [2.45, 2.75) is 20.3 Å². The summed E-state index contributed by atoms with van der Waals surface area (Å²) in [6, 6.07) is 7.28. The molecule has 3 nitrogen and oxygen atoms in total. The van der Waals surface area contributed by atoms with E-state index in [1.807, 2.05) is 12.1 Å². The van der Waals surface area contributed by atoms with E-state index < -0.39 is 0 Å². The molecule has 1 rings (SSSR count). The van der Waals surface area contributed by atoms with Crippen molar-refractivity contribution in [3.05, 3.63) is 29.8 Å². The molecule has 0 aliphatic carbocycles. The Balaban J connectivity index is 2.36. The number of ketones is 1. The van der Waals surface area contributed by atoms with Gasteiger partial charge in [-0.3, -0.25) is 4.79 Å². The highest BCUT2D eigenvalue weighted by molar-refractivity contribution is 5.94. The molecule has 0 fully saturated rings. The molecule has 0 spiro atoms. The van der Waals surface area contributed by atoms with E-state index in [0.29, 0.717) is 12.2 Å². The quantitative estimate of drug-likeness (QED) is 0.567. The van der Waals surface area contributed by atoms with E-state index in [0.717, 1.165) is 25.3 Å². The Bertz CT molecular complexity index is 336. The summed E-state index contributed by atoms with van der Waals surface area (Å²) in [5.74, 6) is 0.820. The highest BCUT2D eigenvalue weighted by Crippen LogP contribution is 2.13. The lowest BCUT2D eigenvalue weighted by molar-refractivity contribution is 0.101. The number of benzene rings is 1. The second-order valence-corrected chi connectivity index (χ2v) is 3.68. The average molecular weight is 221 g/mol. The van der Waals surface area contributed by atoms with Gasteiger partial charge in [0.25, 0.3) is 0 Å². The highest BCUT2D eigenvalue weighted by Gasteiger charge is 2.00. The molecule has 1 aromatic carbocycles. The average Bonchev–Trinajstić information content (AvgIpc) is 2.29. The lowest BCUT2D eigenvalue weighted by Crippen LogP contribution is -2.21. The zero-order valence-electron chi connectivity index (χ0n) is 9.95. The predicted molar refractivity (Wildman–Crippen MR) is 65.1 cm³/mol. The lowest BCUT2D eigenvalue weighted by Gasteiger charge is -2.07. The maximum atomic E-state index is 11.1. The number of nitrogens with one attached hydrogen (secondary N) is 1. The molecule has 1 N–H and O–H groups in total. The van der Waals surface area contributed by atoms with E-state index in [9.17, 15) is 4.79 Å². The monoisotopic (exact) mass is 221 g/mol. The fourth-order valence-electron chi connectivity index (χ4n) is 1.35. The SMILES string of the molecule is CCCNCCOc1cccc(C(C)=O)c1. The predicted octanol–water partition coefficient (Wildman–Crippen LogP) is 2.27. The highest BCUT2D eigenvalue weighted by atomic mass is 16.5. The van der Waals surface area contributed by atoms with Crippen LogP contribution in [0.4, 0.5) is 0 Å². The van der Waals surface area contributed by atoms with E-state index in [-0.39, 0.29) is 5.78 Å². The largest absolute Gasteiger partial charge is 0.492 e. The molecule has 1 aromatic rings. The number of Topliss-reactive ketones (excluding diaryl/α,β-unsaturated/α-hetero) is 1. The number of hydrogen-bond donors (Lipinski definition) is 1. The molecule has 0 aliphatic heterocycles. The van der Waals surface area contributed by atoms with Crippen molar-refractivity contribution in [1.29, 1.82) is 0 Å². The summed E-state index contributed by atoms with van der Waals surface area (Å²) in [5, 5.41) is 3.25. The van der Waals surface area contributed by atoms with Crippen LogP contribution in [-0.4, -0.2) is 25.5 Å². The number of rotatable bonds is 7. The summed E-state index contributed by atoms with van der Waals surface area (Å²) in [6.07, 6.45) is 1.12. The fourth-order valence-corrected chi connectivity index (χ4v) is 1.35. The normalized spacial score (nSPS) is 10.1. The summed E-state index contributed by atoms with van der Waals surface area (Å²) in [4.78, 5) is 11.1. The summed E-state index contributed by atoms with van der Waals surface area (Å²) >= 11 is 0. The molecule has 0 aliphatic rings. The molecule has 16 heavy (non-hydrogen) atoms. The Morgan fingerprint density at radius 1 is 1.38 bits per heavy atom. The zero-order valence-corrected chi connectivity index (χ0v) is 9.95. The molecule has 0 aromatic heterocycles. The molecule has 88 valence electrons. The minimum absolute atomic E-state index is 0.0644. The Morgan fingerprint density at radius 3 is 2.88 bits per heavy atom. The van der Waals surface area contributed by atoms with E-state index in [1.54, 1.807) is 19.1 Å². The van der Waals surface area contributed by atoms with Crippen LogP contribution >= 0.6 is 0 Å². The van der Waals surface area contributed by atoms with Crippen LogP contribution in [0, 0.1) is 0 Å². The van der Waals surface area contributed by atoms with E-state index in [4.69, 9.17) is 4.74 Å². The van der Waals surface area contributed by atoms with Crippen molar-refractivity contribution in [3.8, 4) is 5.75 Å². The van der Waals surface area contributed by atoms with Gasteiger partial charge in [-0.25, -0.2) is 0 Å². The molecule has 0 unspecified atom stereocenters. The van der Waals surface area contributed by atoms with Crippen LogP contribution in [0.1, 0.15) is 30.6 Å². The lowest BCUT2D eigenvalue weighted by atomic mass is 10.1. The molecule has 0 saturated heterocycles. The molecular weight excluding hydrogens is 202 g/mol. The summed E-state index contributed by atoms with van der Waals surface area (Å²) in [5.41, 5.74) is 0.694. The van der Waals surface area contributed by atoms with E-state index >= 15 is 0 Å². The van der Waals surface area contributed by atoms with E-state index in [1.165, 1.54) is 0 Å². The van der Waals surface area contributed by atoms with Crippen molar-refractivity contribution in [1.82, 2.24) is 5.32 Å². The van der Waals surface area contributed by atoms with Crippen molar-refractivity contribution >= 4 is 5.78 Å². The molecule has 3 heteroatoms. The molecule has 0 bridgehead atoms. The van der Waals surface area contributed by atoms with Crippen LogP contribution in [0.5, 0.6) is 5.75 Å². The van der Waals surface area contributed by atoms with Crippen molar-refractivity contribution in [2.24, 2.45) is 0 Å². The molecule has 0 saturated carbocycles.